The fourth-order valence-corrected chi connectivity index (χ4v) is 3.72. The number of rotatable bonds is 5. The lowest BCUT2D eigenvalue weighted by Gasteiger charge is -2.11. The van der Waals surface area contributed by atoms with E-state index < -0.39 is 9.84 Å². The summed E-state index contributed by atoms with van der Waals surface area (Å²) in [5.74, 6) is 0.172. The molecule has 100 valence electrons. The minimum atomic E-state index is -3.15. The van der Waals surface area contributed by atoms with Crippen molar-refractivity contribution in [3.63, 3.8) is 0 Å². The maximum atomic E-state index is 12.1. The highest BCUT2D eigenvalue weighted by Gasteiger charge is 2.17. The Morgan fingerprint density at radius 3 is 2.39 bits per heavy atom. The van der Waals surface area contributed by atoms with Gasteiger partial charge in [-0.25, -0.2) is 8.42 Å². The van der Waals surface area contributed by atoms with Gasteiger partial charge in [0.25, 0.3) is 0 Å². The summed E-state index contributed by atoms with van der Waals surface area (Å²) in [5, 5.41) is 3.33. The Bertz CT molecular complexity index is 478. The van der Waals surface area contributed by atoms with Crippen LogP contribution in [0.1, 0.15) is 25.7 Å². The molecule has 0 atom stereocenters. The molecule has 18 heavy (non-hydrogen) atoms. The smallest absolute Gasteiger partial charge is 0.179 e. The van der Waals surface area contributed by atoms with Gasteiger partial charge in [-0.2, -0.15) is 0 Å². The van der Waals surface area contributed by atoms with Gasteiger partial charge in [0.15, 0.2) is 9.84 Å². The lowest BCUT2D eigenvalue weighted by Crippen LogP contribution is -2.31. The van der Waals surface area contributed by atoms with E-state index in [0.717, 1.165) is 4.47 Å². The number of sulfone groups is 1. The molecule has 1 aliphatic carbocycles. The van der Waals surface area contributed by atoms with Crippen molar-refractivity contribution in [3.8, 4) is 0 Å². The molecule has 0 spiro atoms. The van der Waals surface area contributed by atoms with Crippen molar-refractivity contribution < 1.29 is 8.42 Å². The number of benzene rings is 1. The summed E-state index contributed by atoms with van der Waals surface area (Å²) in [6, 6.07) is 7.34. The molecule has 0 aromatic heterocycles. The summed E-state index contributed by atoms with van der Waals surface area (Å²) >= 11 is 3.30. The van der Waals surface area contributed by atoms with Crippen LogP contribution in [0.25, 0.3) is 0 Å². The van der Waals surface area contributed by atoms with Gasteiger partial charge in [0.1, 0.15) is 0 Å². The second kappa shape index (κ2) is 6.17. The molecule has 1 aliphatic rings. The predicted molar refractivity (Wildman–Crippen MR) is 76.5 cm³/mol. The summed E-state index contributed by atoms with van der Waals surface area (Å²) in [6.07, 6.45) is 4.88. The minimum Gasteiger partial charge on any atom is -0.313 e. The van der Waals surface area contributed by atoms with Gasteiger partial charge < -0.3 is 5.32 Å². The largest absolute Gasteiger partial charge is 0.313 e. The zero-order valence-electron chi connectivity index (χ0n) is 10.2. The van der Waals surface area contributed by atoms with Gasteiger partial charge in [-0.1, -0.05) is 28.8 Å². The van der Waals surface area contributed by atoms with E-state index in [-0.39, 0.29) is 5.75 Å². The van der Waals surface area contributed by atoms with Crippen LogP contribution >= 0.6 is 15.9 Å². The highest BCUT2D eigenvalue weighted by molar-refractivity contribution is 9.10. The third-order valence-corrected chi connectivity index (χ3v) is 5.59. The molecule has 1 N–H and O–H groups in total. The molecule has 0 heterocycles. The lowest BCUT2D eigenvalue weighted by atomic mass is 10.2. The first kappa shape index (κ1) is 14.0. The van der Waals surface area contributed by atoms with E-state index in [1.807, 2.05) is 0 Å². The highest BCUT2D eigenvalue weighted by Crippen LogP contribution is 2.18. The summed E-state index contributed by atoms with van der Waals surface area (Å²) in [5.41, 5.74) is 0. The molecule has 0 amide bonds. The fraction of sp³-hybridized carbons (Fsp3) is 0.538. The summed E-state index contributed by atoms with van der Waals surface area (Å²) in [4.78, 5) is 0.402. The van der Waals surface area contributed by atoms with Gasteiger partial charge in [0.2, 0.25) is 0 Å². The van der Waals surface area contributed by atoms with Crippen LogP contribution in [0.5, 0.6) is 0 Å². The topological polar surface area (TPSA) is 46.2 Å². The molecule has 0 aliphatic heterocycles. The van der Waals surface area contributed by atoms with E-state index in [1.54, 1.807) is 24.3 Å². The molecule has 0 radical (unpaired) electrons. The molecular formula is C13H18BrNO2S. The van der Waals surface area contributed by atoms with Crippen molar-refractivity contribution in [1.29, 1.82) is 0 Å². The number of nitrogens with one attached hydrogen (secondary N) is 1. The monoisotopic (exact) mass is 331 g/mol. The van der Waals surface area contributed by atoms with Crippen molar-refractivity contribution in [1.82, 2.24) is 5.32 Å². The van der Waals surface area contributed by atoms with Crippen LogP contribution in [0.4, 0.5) is 0 Å². The van der Waals surface area contributed by atoms with E-state index in [0.29, 0.717) is 17.5 Å². The molecule has 3 nitrogen and oxygen atoms in total. The maximum Gasteiger partial charge on any atom is 0.179 e. The van der Waals surface area contributed by atoms with Gasteiger partial charge in [0.05, 0.1) is 10.6 Å². The predicted octanol–water partition coefficient (Wildman–Crippen LogP) is 2.76. The van der Waals surface area contributed by atoms with Crippen LogP contribution in [-0.2, 0) is 9.84 Å². The van der Waals surface area contributed by atoms with Crippen molar-refractivity contribution in [2.75, 3.05) is 12.3 Å². The Morgan fingerprint density at radius 1 is 1.17 bits per heavy atom. The van der Waals surface area contributed by atoms with Crippen LogP contribution in [0.15, 0.2) is 33.6 Å². The molecule has 0 saturated heterocycles. The van der Waals surface area contributed by atoms with Crippen LogP contribution in [0, 0.1) is 0 Å². The van der Waals surface area contributed by atoms with Crippen LogP contribution in [0.2, 0.25) is 0 Å². The number of halogens is 1. The Kier molecular flexibility index (Phi) is 4.81. The van der Waals surface area contributed by atoms with Gasteiger partial charge in [0, 0.05) is 17.1 Å². The summed E-state index contributed by atoms with van der Waals surface area (Å²) < 4.78 is 25.0. The Hall–Kier alpha value is -0.390. The van der Waals surface area contributed by atoms with E-state index in [4.69, 9.17) is 0 Å². The molecule has 1 aromatic carbocycles. The van der Waals surface area contributed by atoms with Gasteiger partial charge in [-0.05, 0) is 37.1 Å². The van der Waals surface area contributed by atoms with Crippen molar-refractivity contribution in [2.45, 2.75) is 36.6 Å². The average Bonchev–Trinajstić information content (AvgIpc) is 2.82. The lowest BCUT2D eigenvalue weighted by molar-refractivity contribution is 0.536. The average molecular weight is 332 g/mol. The second-order valence-corrected chi connectivity index (χ2v) is 7.73. The summed E-state index contributed by atoms with van der Waals surface area (Å²) in [7, 11) is -3.15. The molecule has 0 unspecified atom stereocenters. The molecule has 1 aromatic rings. The SMILES string of the molecule is O=S(=O)(CCNC1CCCC1)c1ccc(Br)cc1. The molecule has 5 heteroatoms. The first-order valence-corrected chi connectivity index (χ1v) is 8.74. The quantitative estimate of drug-likeness (QED) is 0.902. The van der Waals surface area contributed by atoms with Gasteiger partial charge >= 0.3 is 0 Å². The zero-order valence-corrected chi connectivity index (χ0v) is 12.6. The van der Waals surface area contributed by atoms with E-state index in [2.05, 4.69) is 21.2 Å². The molecule has 0 bridgehead atoms. The third kappa shape index (κ3) is 3.80. The molecule has 2 rings (SSSR count). The van der Waals surface area contributed by atoms with Gasteiger partial charge in [-0.3, -0.25) is 0 Å². The standard InChI is InChI=1S/C13H18BrNO2S/c14-11-5-7-13(8-6-11)18(16,17)10-9-15-12-3-1-2-4-12/h5-8,12,15H,1-4,9-10H2. The maximum absolute atomic E-state index is 12.1. The Labute approximate surface area is 117 Å². The van der Waals surface area contributed by atoms with E-state index >= 15 is 0 Å². The highest BCUT2D eigenvalue weighted by atomic mass is 79.9. The zero-order chi connectivity index (χ0) is 13.0. The van der Waals surface area contributed by atoms with Crippen LogP contribution in [-0.4, -0.2) is 26.8 Å². The van der Waals surface area contributed by atoms with Crippen LogP contribution in [0.3, 0.4) is 0 Å². The first-order chi connectivity index (χ1) is 8.58. The molecular weight excluding hydrogens is 314 g/mol. The first-order valence-electron chi connectivity index (χ1n) is 6.30. The van der Waals surface area contributed by atoms with E-state index in [1.165, 1.54) is 25.7 Å². The second-order valence-electron chi connectivity index (χ2n) is 4.71. The van der Waals surface area contributed by atoms with Crippen molar-refractivity contribution >= 4 is 25.8 Å². The fourth-order valence-electron chi connectivity index (χ4n) is 2.29. The Balaban J connectivity index is 1.88. The van der Waals surface area contributed by atoms with E-state index in [9.17, 15) is 8.42 Å². The van der Waals surface area contributed by atoms with Crippen molar-refractivity contribution in [2.24, 2.45) is 0 Å². The Morgan fingerprint density at radius 2 is 1.78 bits per heavy atom. The molecule has 1 saturated carbocycles. The summed E-state index contributed by atoms with van der Waals surface area (Å²) in [6.45, 7) is 0.545. The van der Waals surface area contributed by atoms with Crippen molar-refractivity contribution in [3.05, 3.63) is 28.7 Å². The normalized spacial score (nSPS) is 17.2. The molecule has 1 fully saturated rings. The van der Waals surface area contributed by atoms with Crippen LogP contribution < -0.4 is 5.32 Å². The minimum absolute atomic E-state index is 0.172. The number of hydrogen-bond donors (Lipinski definition) is 1. The third-order valence-electron chi connectivity index (χ3n) is 3.33. The number of hydrogen-bond acceptors (Lipinski definition) is 3. The van der Waals surface area contributed by atoms with Gasteiger partial charge in [-0.15, -0.1) is 0 Å².